The fourth-order valence-corrected chi connectivity index (χ4v) is 4.28. The molecule has 1 amide bonds. The van der Waals surface area contributed by atoms with E-state index in [9.17, 15) is 4.79 Å². The van der Waals surface area contributed by atoms with E-state index in [0.717, 1.165) is 29.6 Å². The van der Waals surface area contributed by atoms with Crippen LogP contribution in [0.2, 0.25) is 0 Å². The first-order valence-electron chi connectivity index (χ1n) is 8.36. The Kier molecular flexibility index (Phi) is 3.23. The molecule has 5 heteroatoms. The molecule has 0 aliphatic carbocycles. The predicted octanol–water partition coefficient (Wildman–Crippen LogP) is 2.74. The lowest BCUT2D eigenvalue weighted by molar-refractivity contribution is -0.0378. The maximum atomic E-state index is 12.7. The quantitative estimate of drug-likeness (QED) is 0.926. The minimum atomic E-state index is -0.0840. The van der Waals surface area contributed by atoms with Crippen LogP contribution in [-0.2, 0) is 0 Å². The van der Waals surface area contributed by atoms with Crippen molar-refractivity contribution in [1.29, 1.82) is 0 Å². The van der Waals surface area contributed by atoms with Crippen molar-refractivity contribution < 1.29 is 9.21 Å². The molecule has 0 spiro atoms. The molecular weight excluding hydrogens is 290 g/mol. The van der Waals surface area contributed by atoms with Gasteiger partial charge in [-0.15, -0.1) is 0 Å². The smallest absolute Gasteiger partial charge is 0.270 e. The SMILES string of the molecule is Cc1coc2cnc(C(=O)N[C@H]3C4CCN(CC4)C3(C)C)cc12. The van der Waals surface area contributed by atoms with Crippen molar-refractivity contribution in [1.82, 2.24) is 15.2 Å². The lowest BCUT2D eigenvalue weighted by Gasteiger charge is -2.56. The number of fused-ring (bicyclic) bond motifs is 4. The van der Waals surface area contributed by atoms with Crippen LogP contribution in [-0.4, -0.2) is 40.5 Å². The molecule has 0 aromatic carbocycles. The van der Waals surface area contributed by atoms with Crippen molar-refractivity contribution in [3.63, 3.8) is 0 Å². The van der Waals surface area contributed by atoms with Crippen LogP contribution in [0.25, 0.3) is 11.0 Å². The van der Waals surface area contributed by atoms with Crippen molar-refractivity contribution in [2.24, 2.45) is 5.92 Å². The van der Waals surface area contributed by atoms with Gasteiger partial charge in [0.1, 0.15) is 5.69 Å². The maximum Gasteiger partial charge on any atom is 0.270 e. The van der Waals surface area contributed by atoms with Gasteiger partial charge in [-0.1, -0.05) is 0 Å². The third-order valence-electron chi connectivity index (χ3n) is 5.76. The summed E-state index contributed by atoms with van der Waals surface area (Å²) in [6, 6.07) is 2.01. The molecular formula is C18H23N3O2. The maximum absolute atomic E-state index is 12.7. The number of nitrogens with zero attached hydrogens (tertiary/aromatic N) is 2. The van der Waals surface area contributed by atoms with Gasteiger partial charge in [0.2, 0.25) is 0 Å². The highest BCUT2D eigenvalue weighted by atomic mass is 16.3. The average Bonchev–Trinajstić information content (AvgIpc) is 2.92. The number of carbonyl (C=O) groups excluding carboxylic acids is 1. The van der Waals surface area contributed by atoms with Crippen LogP contribution in [0.4, 0.5) is 0 Å². The Labute approximate surface area is 136 Å². The molecule has 2 bridgehead atoms. The summed E-state index contributed by atoms with van der Waals surface area (Å²) in [5.74, 6) is 0.484. The summed E-state index contributed by atoms with van der Waals surface area (Å²) in [6.07, 6.45) is 5.67. The Morgan fingerprint density at radius 2 is 2.13 bits per heavy atom. The molecule has 3 fully saturated rings. The number of amides is 1. The van der Waals surface area contributed by atoms with Crippen LogP contribution in [0.15, 0.2) is 22.9 Å². The first-order valence-corrected chi connectivity index (χ1v) is 8.36. The number of nitrogens with one attached hydrogen (secondary N) is 1. The summed E-state index contributed by atoms with van der Waals surface area (Å²) >= 11 is 0. The van der Waals surface area contributed by atoms with Gasteiger partial charge in [-0.2, -0.15) is 0 Å². The first kappa shape index (κ1) is 14.7. The average molecular weight is 313 g/mol. The van der Waals surface area contributed by atoms with Gasteiger partial charge < -0.3 is 9.73 Å². The molecule has 2 aromatic rings. The highest BCUT2D eigenvalue weighted by molar-refractivity contribution is 5.96. The van der Waals surface area contributed by atoms with Gasteiger partial charge >= 0.3 is 0 Å². The number of hydrogen-bond donors (Lipinski definition) is 1. The van der Waals surface area contributed by atoms with Crippen molar-refractivity contribution in [2.45, 2.75) is 45.2 Å². The fourth-order valence-electron chi connectivity index (χ4n) is 4.28. The molecule has 0 radical (unpaired) electrons. The second-order valence-electron chi connectivity index (χ2n) is 7.41. The van der Waals surface area contributed by atoms with E-state index in [4.69, 9.17) is 4.42 Å². The summed E-state index contributed by atoms with van der Waals surface area (Å²) < 4.78 is 5.41. The third kappa shape index (κ3) is 2.26. The molecule has 1 N–H and O–H groups in total. The lowest BCUT2D eigenvalue weighted by Crippen LogP contribution is -2.69. The molecule has 0 unspecified atom stereocenters. The van der Waals surface area contributed by atoms with Gasteiger partial charge in [-0.25, -0.2) is 4.98 Å². The van der Waals surface area contributed by atoms with Crippen LogP contribution >= 0.6 is 0 Å². The zero-order valence-corrected chi connectivity index (χ0v) is 13.9. The summed E-state index contributed by atoms with van der Waals surface area (Å²) in [5.41, 5.74) is 2.23. The van der Waals surface area contributed by atoms with Crippen molar-refractivity contribution in [2.75, 3.05) is 13.1 Å². The zero-order valence-electron chi connectivity index (χ0n) is 13.9. The van der Waals surface area contributed by atoms with Gasteiger partial charge in [-0.3, -0.25) is 9.69 Å². The van der Waals surface area contributed by atoms with E-state index in [-0.39, 0.29) is 17.5 Å². The Bertz CT molecular complexity index is 757. The Morgan fingerprint density at radius 1 is 1.39 bits per heavy atom. The lowest BCUT2D eigenvalue weighted by atomic mass is 9.72. The van der Waals surface area contributed by atoms with E-state index in [2.05, 4.69) is 29.0 Å². The molecule has 1 atom stereocenters. The Hall–Kier alpha value is -1.88. The topological polar surface area (TPSA) is 58.4 Å². The van der Waals surface area contributed by atoms with Gasteiger partial charge in [0, 0.05) is 17.0 Å². The molecule has 23 heavy (non-hydrogen) atoms. The number of pyridine rings is 1. The normalized spacial score (nSPS) is 28.9. The van der Waals surface area contributed by atoms with E-state index in [1.165, 1.54) is 12.8 Å². The minimum absolute atomic E-state index is 0.00643. The summed E-state index contributed by atoms with van der Waals surface area (Å²) in [6.45, 7) is 8.73. The van der Waals surface area contributed by atoms with E-state index >= 15 is 0 Å². The monoisotopic (exact) mass is 313 g/mol. The minimum Gasteiger partial charge on any atom is -0.462 e. The molecule has 5 rings (SSSR count). The van der Waals surface area contributed by atoms with Crippen LogP contribution in [0.1, 0.15) is 42.7 Å². The van der Waals surface area contributed by atoms with Crippen molar-refractivity contribution in [3.05, 3.63) is 29.8 Å². The third-order valence-corrected chi connectivity index (χ3v) is 5.76. The van der Waals surface area contributed by atoms with E-state index in [1.807, 2.05) is 13.0 Å². The number of rotatable bonds is 2. The largest absolute Gasteiger partial charge is 0.462 e. The summed E-state index contributed by atoms with van der Waals surface area (Å²) in [5, 5.41) is 4.22. The number of carbonyl (C=O) groups is 1. The van der Waals surface area contributed by atoms with Gasteiger partial charge in [-0.05, 0) is 64.3 Å². The molecule has 5 heterocycles. The molecule has 3 saturated heterocycles. The van der Waals surface area contributed by atoms with Crippen LogP contribution in [0.3, 0.4) is 0 Å². The number of piperidine rings is 3. The number of furan rings is 1. The summed E-state index contributed by atoms with van der Waals surface area (Å²) in [4.78, 5) is 19.5. The second-order valence-corrected chi connectivity index (χ2v) is 7.41. The molecule has 5 nitrogen and oxygen atoms in total. The summed E-state index contributed by atoms with van der Waals surface area (Å²) in [7, 11) is 0. The predicted molar refractivity (Wildman–Crippen MR) is 88.4 cm³/mol. The fraction of sp³-hybridized carbons (Fsp3) is 0.556. The standard InChI is InChI=1S/C18H23N3O2/c1-11-10-23-15-9-19-14(8-13(11)15)17(22)20-16-12-4-6-21(7-5-12)18(16,2)3/h8-10,12,16H,4-7H2,1-3H3,(H,20,22)/t16-/m0/s1. The van der Waals surface area contributed by atoms with Crippen molar-refractivity contribution >= 4 is 16.9 Å². The van der Waals surface area contributed by atoms with Gasteiger partial charge in [0.15, 0.2) is 5.58 Å². The van der Waals surface area contributed by atoms with Gasteiger partial charge in [0.05, 0.1) is 12.5 Å². The zero-order chi connectivity index (χ0) is 16.2. The molecule has 3 aliphatic rings. The van der Waals surface area contributed by atoms with E-state index in [0.29, 0.717) is 11.6 Å². The van der Waals surface area contributed by atoms with E-state index in [1.54, 1.807) is 12.5 Å². The van der Waals surface area contributed by atoms with Crippen LogP contribution < -0.4 is 5.32 Å². The molecule has 2 aromatic heterocycles. The number of aromatic nitrogens is 1. The molecule has 3 aliphatic heterocycles. The van der Waals surface area contributed by atoms with Crippen LogP contribution in [0.5, 0.6) is 0 Å². The second kappa shape index (κ2) is 5.06. The van der Waals surface area contributed by atoms with Crippen molar-refractivity contribution in [3.8, 4) is 0 Å². The first-order chi connectivity index (χ1) is 11.0. The van der Waals surface area contributed by atoms with Crippen LogP contribution in [0, 0.1) is 12.8 Å². The number of hydrogen-bond acceptors (Lipinski definition) is 4. The number of aryl methyl sites for hydroxylation is 1. The molecule has 0 saturated carbocycles. The van der Waals surface area contributed by atoms with Gasteiger partial charge in [0.25, 0.3) is 5.91 Å². The van der Waals surface area contributed by atoms with E-state index < -0.39 is 0 Å². The highest BCUT2D eigenvalue weighted by Gasteiger charge is 2.48. The molecule has 122 valence electrons. The Morgan fingerprint density at radius 3 is 2.83 bits per heavy atom. The Balaban J connectivity index is 1.60. The highest BCUT2D eigenvalue weighted by Crippen LogP contribution is 2.39.